The molecule has 2 heterocycles. The van der Waals surface area contributed by atoms with Crippen molar-refractivity contribution in [2.45, 2.75) is 76.5 Å². The van der Waals surface area contributed by atoms with Gasteiger partial charge in [-0.3, -0.25) is 14.4 Å². The minimum absolute atomic E-state index is 0.0435. The molecular formula is C29H42N8O5. The van der Waals surface area contributed by atoms with Crippen LogP contribution in [0.25, 0.3) is 10.9 Å². The Kier molecular flexibility index (Phi) is 12.1. The fraction of sp³-hybridized carbons (Fsp3) is 0.483. The number of nitrogens with zero attached hydrogens (tertiary/aromatic N) is 1. The zero-order valence-electron chi connectivity index (χ0n) is 24.1. The molecule has 228 valence electrons. The summed E-state index contributed by atoms with van der Waals surface area (Å²) < 4.78 is 0. The quantitative estimate of drug-likeness (QED) is 0.106. The van der Waals surface area contributed by atoms with Crippen LogP contribution in [0.3, 0.4) is 0 Å². The average molecular weight is 583 g/mol. The lowest BCUT2D eigenvalue weighted by molar-refractivity contribution is -0.142. The monoisotopic (exact) mass is 582 g/mol. The summed E-state index contributed by atoms with van der Waals surface area (Å²) in [6, 6.07) is 3.36. The standard InChI is InChI=1S/C29H42N8O5/c1-17(2)11-24(36-26(38)21(31)13-19-15-32-16-34-19)28(40)35-23(9-5-6-10-30)27(39)37-25(29(41)42)12-18-14-33-22-8-4-3-7-20(18)22/h3-4,7-8,14-17,21,23-25,33H,5-6,9-13,30-31H2,1-2H3,(H,32,34)(H,35,40)(H,36,38)(H,37,39)(H,41,42). The van der Waals surface area contributed by atoms with E-state index in [9.17, 15) is 24.3 Å². The summed E-state index contributed by atoms with van der Waals surface area (Å²) in [6.07, 6.45) is 6.74. The second kappa shape index (κ2) is 15.7. The maximum Gasteiger partial charge on any atom is 0.326 e. The van der Waals surface area contributed by atoms with Crippen molar-refractivity contribution in [3.63, 3.8) is 0 Å². The van der Waals surface area contributed by atoms with Gasteiger partial charge in [0.1, 0.15) is 18.1 Å². The normalized spacial score (nSPS) is 14.2. The Morgan fingerprint density at radius 3 is 2.29 bits per heavy atom. The maximum absolute atomic E-state index is 13.4. The summed E-state index contributed by atoms with van der Waals surface area (Å²) in [5.41, 5.74) is 14.0. The predicted molar refractivity (Wildman–Crippen MR) is 158 cm³/mol. The van der Waals surface area contributed by atoms with Gasteiger partial charge in [-0.1, -0.05) is 32.0 Å². The van der Waals surface area contributed by atoms with Crippen LogP contribution >= 0.6 is 0 Å². The van der Waals surface area contributed by atoms with Crippen molar-refractivity contribution in [1.29, 1.82) is 0 Å². The first-order chi connectivity index (χ1) is 20.1. The molecule has 3 rings (SSSR count). The van der Waals surface area contributed by atoms with Gasteiger partial charge in [-0.25, -0.2) is 9.78 Å². The summed E-state index contributed by atoms with van der Waals surface area (Å²) >= 11 is 0. The Morgan fingerprint density at radius 1 is 0.929 bits per heavy atom. The first-order valence-corrected chi connectivity index (χ1v) is 14.2. The highest BCUT2D eigenvalue weighted by Crippen LogP contribution is 2.19. The number of amides is 3. The number of H-pyrrole nitrogens is 2. The van der Waals surface area contributed by atoms with Crippen molar-refractivity contribution >= 4 is 34.6 Å². The van der Waals surface area contributed by atoms with Crippen molar-refractivity contribution in [2.24, 2.45) is 17.4 Å². The molecule has 13 nitrogen and oxygen atoms in total. The van der Waals surface area contributed by atoms with Crippen LogP contribution in [0.2, 0.25) is 0 Å². The number of rotatable bonds is 17. The molecule has 0 radical (unpaired) electrons. The van der Waals surface area contributed by atoms with Crippen molar-refractivity contribution < 1.29 is 24.3 Å². The van der Waals surface area contributed by atoms with E-state index in [1.165, 1.54) is 6.33 Å². The molecule has 0 aliphatic carbocycles. The lowest BCUT2D eigenvalue weighted by atomic mass is 10.0. The summed E-state index contributed by atoms with van der Waals surface area (Å²) in [4.78, 5) is 61.7. The third-order valence-electron chi connectivity index (χ3n) is 6.96. The fourth-order valence-electron chi connectivity index (χ4n) is 4.73. The van der Waals surface area contributed by atoms with Crippen LogP contribution in [-0.4, -0.2) is 74.5 Å². The van der Waals surface area contributed by atoms with E-state index >= 15 is 0 Å². The topological polar surface area (TPSA) is 221 Å². The van der Waals surface area contributed by atoms with Crippen molar-refractivity contribution in [2.75, 3.05) is 6.54 Å². The Morgan fingerprint density at radius 2 is 1.62 bits per heavy atom. The van der Waals surface area contributed by atoms with Crippen molar-refractivity contribution in [3.8, 4) is 0 Å². The number of aromatic amines is 2. The molecule has 42 heavy (non-hydrogen) atoms. The van der Waals surface area contributed by atoms with E-state index < -0.39 is 47.9 Å². The second-order valence-electron chi connectivity index (χ2n) is 10.9. The predicted octanol–water partition coefficient (Wildman–Crippen LogP) is 0.718. The number of carboxylic acids is 1. The molecular weight excluding hydrogens is 540 g/mol. The van der Waals surface area contributed by atoms with Gasteiger partial charge in [0.05, 0.1) is 12.4 Å². The molecule has 4 unspecified atom stereocenters. The zero-order valence-corrected chi connectivity index (χ0v) is 24.1. The van der Waals surface area contributed by atoms with Gasteiger partial charge in [0.15, 0.2) is 0 Å². The smallest absolute Gasteiger partial charge is 0.326 e. The number of carboxylic acid groups (broad SMARTS) is 1. The van der Waals surface area contributed by atoms with Gasteiger partial charge in [-0.05, 0) is 49.8 Å². The molecule has 3 amide bonds. The van der Waals surface area contributed by atoms with Gasteiger partial charge in [0.25, 0.3) is 0 Å². The number of imidazole rings is 1. The van der Waals surface area contributed by atoms with Crippen LogP contribution in [-0.2, 0) is 32.0 Å². The third kappa shape index (κ3) is 9.42. The van der Waals surface area contributed by atoms with Crippen LogP contribution in [0.5, 0.6) is 0 Å². The number of nitrogens with two attached hydrogens (primary N) is 2. The zero-order chi connectivity index (χ0) is 30.6. The minimum Gasteiger partial charge on any atom is -0.480 e. The average Bonchev–Trinajstić information content (AvgIpc) is 3.61. The van der Waals surface area contributed by atoms with Crippen LogP contribution < -0.4 is 27.4 Å². The number of carbonyl (C=O) groups is 4. The van der Waals surface area contributed by atoms with Gasteiger partial charge in [-0.15, -0.1) is 0 Å². The van der Waals surface area contributed by atoms with Crippen LogP contribution in [0.15, 0.2) is 43.0 Å². The van der Waals surface area contributed by atoms with E-state index in [2.05, 4.69) is 30.9 Å². The van der Waals surface area contributed by atoms with Crippen molar-refractivity contribution in [3.05, 3.63) is 54.2 Å². The molecule has 0 fully saturated rings. The SMILES string of the molecule is CC(C)CC(NC(=O)C(N)Cc1cnc[nH]1)C(=O)NC(CCCCN)C(=O)NC(Cc1c[nH]c2ccccc12)C(=O)O. The number of aromatic nitrogens is 3. The number of hydrogen-bond acceptors (Lipinski definition) is 7. The molecule has 0 spiro atoms. The van der Waals surface area contributed by atoms with Crippen LogP contribution in [0, 0.1) is 5.92 Å². The molecule has 4 atom stereocenters. The Bertz CT molecular complexity index is 1320. The number of hydrogen-bond donors (Lipinski definition) is 8. The Hall–Kier alpha value is -4.23. The summed E-state index contributed by atoms with van der Waals surface area (Å²) in [5, 5.41) is 18.8. The molecule has 2 aromatic heterocycles. The molecule has 0 saturated heterocycles. The number of para-hydroxylation sites is 1. The lowest BCUT2D eigenvalue weighted by Crippen LogP contribution is -2.57. The van der Waals surface area contributed by atoms with Crippen LogP contribution in [0.1, 0.15) is 50.8 Å². The van der Waals surface area contributed by atoms with Crippen molar-refractivity contribution in [1.82, 2.24) is 30.9 Å². The summed E-state index contributed by atoms with van der Waals surface area (Å²) in [7, 11) is 0. The van der Waals surface area contributed by atoms with E-state index in [0.29, 0.717) is 31.5 Å². The first-order valence-electron chi connectivity index (χ1n) is 14.2. The molecule has 13 heteroatoms. The highest BCUT2D eigenvalue weighted by atomic mass is 16.4. The first kappa shape index (κ1) is 32.3. The number of benzene rings is 1. The number of carbonyl (C=O) groups excluding carboxylic acids is 3. The molecule has 10 N–H and O–H groups in total. The highest BCUT2D eigenvalue weighted by molar-refractivity contribution is 5.94. The Balaban J connectivity index is 1.71. The molecule has 0 bridgehead atoms. The van der Waals surface area contributed by atoms with E-state index in [0.717, 1.165) is 16.5 Å². The minimum atomic E-state index is -1.22. The largest absolute Gasteiger partial charge is 0.480 e. The van der Waals surface area contributed by atoms with Gasteiger partial charge < -0.3 is 42.5 Å². The number of nitrogens with one attached hydrogen (secondary N) is 5. The lowest BCUT2D eigenvalue weighted by Gasteiger charge is -2.26. The molecule has 1 aromatic carbocycles. The highest BCUT2D eigenvalue weighted by Gasteiger charge is 2.31. The van der Waals surface area contributed by atoms with Crippen LogP contribution in [0.4, 0.5) is 0 Å². The molecule has 0 aliphatic rings. The van der Waals surface area contributed by atoms with Gasteiger partial charge in [0, 0.05) is 41.8 Å². The van der Waals surface area contributed by atoms with Gasteiger partial charge >= 0.3 is 5.97 Å². The summed E-state index contributed by atoms with van der Waals surface area (Å²) in [5.74, 6) is -2.85. The number of aliphatic carboxylic acids is 1. The number of fused-ring (bicyclic) bond motifs is 1. The van der Waals surface area contributed by atoms with E-state index in [1.54, 1.807) is 12.4 Å². The fourth-order valence-corrected chi connectivity index (χ4v) is 4.73. The second-order valence-corrected chi connectivity index (χ2v) is 10.9. The van der Waals surface area contributed by atoms with E-state index in [1.807, 2.05) is 38.1 Å². The molecule has 0 aliphatic heterocycles. The third-order valence-corrected chi connectivity index (χ3v) is 6.96. The van der Waals surface area contributed by atoms with Gasteiger partial charge in [-0.2, -0.15) is 0 Å². The number of unbranched alkanes of at least 4 members (excludes halogenated alkanes) is 1. The Labute approximate surface area is 244 Å². The molecule has 3 aromatic rings. The van der Waals surface area contributed by atoms with E-state index in [4.69, 9.17) is 11.5 Å². The maximum atomic E-state index is 13.4. The van der Waals surface area contributed by atoms with Gasteiger partial charge in [0.2, 0.25) is 17.7 Å². The summed E-state index contributed by atoms with van der Waals surface area (Å²) in [6.45, 7) is 4.22. The molecule has 0 saturated carbocycles. The van der Waals surface area contributed by atoms with E-state index in [-0.39, 0.29) is 25.2 Å².